The van der Waals surface area contributed by atoms with Crippen molar-refractivity contribution in [2.24, 2.45) is 11.5 Å². The van der Waals surface area contributed by atoms with Crippen LogP contribution in [0.2, 0.25) is 46.8 Å². The van der Waals surface area contributed by atoms with E-state index in [0.717, 1.165) is 32.5 Å². The lowest BCUT2D eigenvalue weighted by atomic mass is 9.68. The van der Waals surface area contributed by atoms with Crippen molar-refractivity contribution in [1.29, 1.82) is 0 Å². The molecular weight excluding hydrogens is 439 g/mol. The molecular formula is C20H54B4N2O8. The van der Waals surface area contributed by atoms with Gasteiger partial charge in [-0.15, -0.1) is 0 Å². The number of nitrogens with two attached hydrogens (primary N) is 2. The molecule has 0 amide bonds. The van der Waals surface area contributed by atoms with E-state index in [-0.39, 0.29) is 20.6 Å². The third kappa shape index (κ3) is 58.1. The second-order valence-electron chi connectivity index (χ2n) is 7.62. The highest BCUT2D eigenvalue weighted by atomic mass is 16.7. The quantitative estimate of drug-likeness (QED) is 0.125. The Kier molecular flexibility index (Phi) is 45.1. The van der Waals surface area contributed by atoms with Gasteiger partial charge in [-0.2, -0.15) is 0 Å². The van der Waals surface area contributed by atoms with Crippen LogP contribution in [0.5, 0.6) is 0 Å². The van der Waals surface area contributed by atoms with E-state index >= 15 is 0 Å². The van der Waals surface area contributed by atoms with Crippen molar-refractivity contribution in [3.8, 4) is 0 Å². The number of ether oxygens (including phenoxy) is 4. The van der Waals surface area contributed by atoms with Crippen LogP contribution >= 0.6 is 0 Å². The molecule has 0 atom stereocenters. The Morgan fingerprint density at radius 1 is 0.676 bits per heavy atom. The second kappa shape index (κ2) is 37.4. The van der Waals surface area contributed by atoms with Crippen molar-refractivity contribution in [2.45, 2.75) is 60.6 Å². The maximum absolute atomic E-state index is 8.70. The summed E-state index contributed by atoms with van der Waals surface area (Å²) in [6.07, 6.45) is 1.70. The van der Waals surface area contributed by atoms with Gasteiger partial charge in [0.05, 0.1) is 6.51 Å². The molecule has 0 rings (SSSR count). The van der Waals surface area contributed by atoms with Crippen LogP contribution in [0.4, 0.5) is 0 Å². The Balaban J connectivity index is -0.000000179. The molecule has 0 bridgehead atoms. The molecule has 0 saturated carbocycles. The fourth-order valence-electron chi connectivity index (χ4n) is 1.75. The summed E-state index contributed by atoms with van der Waals surface area (Å²) in [6, 6.07) is 0. The minimum absolute atomic E-state index is 0.221. The zero-order valence-electron chi connectivity index (χ0n) is 23.3. The minimum Gasteiger partial charge on any atom is -0.451 e. The van der Waals surface area contributed by atoms with Crippen LogP contribution in [0.15, 0.2) is 0 Å². The first-order valence-corrected chi connectivity index (χ1v) is 12.3. The molecule has 0 aliphatic heterocycles. The molecule has 0 spiro atoms. The van der Waals surface area contributed by atoms with Gasteiger partial charge in [0.1, 0.15) is 6.79 Å². The van der Waals surface area contributed by atoms with Gasteiger partial charge in [0.15, 0.2) is 0 Å². The Hall–Kier alpha value is -0.140. The summed E-state index contributed by atoms with van der Waals surface area (Å²) in [6.45, 7) is 19.5. The monoisotopic (exact) mass is 494 g/mol. The van der Waals surface area contributed by atoms with Gasteiger partial charge in [-0.25, -0.2) is 0 Å². The standard InChI is InChI=1S/C7H18BNO2.C5H13BO2.C4H12BNO.C4H11BO3/c1-3-10-6-4-8(2)11-7-5-9;1-3-8-5-4-6(2)7;1-5(2)7-4-3-6;1-5(6)3-8-4-7-2/h3-7,9H2,1-2H3;7H,3-5H2,1-2H3;3-4,6H2,1-2H3;6H,3-4H2,1-2H3. The molecule has 204 valence electrons. The number of hydrogen-bond donors (Lipinski definition) is 4. The lowest BCUT2D eigenvalue weighted by Gasteiger charge is -2.07. The van der Waals surface area contributed by atoms with Gasteiger partial charge in [0.2, 0.25) is 0 Å². The van der Waals surface area contributed by atoms with Gasteiger partial charge in [-0.05, 0) is 26.5 Å². The fourth-order valence-corrected chi connectivity index (χ4v) is 1.75. The van der Waals surface area contributed by atoms with E-state index < -0.39 is 6.92 Å². The van der Waals surface area contributed by atoms with Crippen LogP contribution in [0.1, 0.15) is 13.8 Å². The summed E-state index contributed by atoms with van der Waals surface area (Å²) >= 11 is 0. The highest BCUT2D eigenvalue weighted by molar-refractivity contribution is 6.50. The van der Waals surface area contributed by atoms with Gasteiger partial charge in [0, 0.05) is 59.8 Å². The first-order chi connectivity index (χ1) is 16.1. The lowest BCUT2D eigenvalue weighted by Crippen LogP contribution is -2.20. The highest BCUT2D eigenvalue weighted by Crippen LogP contribution is 1.94. The SMILES string of the molecule is CB(C)OCCN.CCOCCB(C)O.CCOCCB(C)OCCN.COCOCB(C)O. The topological polar surface area (TPSA) is 148 Å². The Morgan fingerprint density at radius 2 is 1.18 bits per heavy atom. The molecule has 14 heteroatoms. The molecule has 0 aromatic rings. The van der Waals surface area contributed by atoms with Gasteiger partial charge >= 0.3 is 6.92 Å². The minimum atomic E-state index is -0.398. The summed E-state index contributed by atoms with van der Waals surface area (Å²) in [5.41, 5.74) is 10.4. The molecule has 0 fully saturated rings. The summed E-state index contributed by atoms with van der Waals surface area (Å²) in [5.74, 6) is 0. The summed E-state index contributed by atoms with van der Waals surface area (Å²) in [4.78, 5) is 0. The molecule has 0 saturated heterocycles. The molecule has 6 N–H and O–H groups in total. The van der Waals surface area contributed by atoms with Crippen LogP contribution < -0.4 is 11.5 Å². The lowest BCUT2D eigenvalue weighted by molar-refractivity contribution is -0.0152. The first kappa shape index (κ1) is 41.0. The van der Waals surface area contributed by atoms with Crippen molar-refractivity contribution >= 4 is 27.7 Å². The summed E-state index contributed by atoms with van der Waals surface area (Å²) in [5, 5.41) is 17.3. The second-order valence-corrected chi connectivity index (χ2v) is 7.62. The number of hydrogen-bond acceptors (Lipinski definition) is 10. The van der Waals surface area contributed by atoms with Crippen molar-refractivity contribution in [1.82, 2.24) is 0 Å². The van der Waals surface area contributed by atoms with E-state index in [1.807, 2.05) is 34.3 Å². The molecule has 10 nitrogen and oxygen atoms in total. The van der Waals surface area contributed by atoms with E-state index in [1.54, 1.807) is 20.8 Å². The van der Waals surface area contributed by atoms with Crippen molar-refractivity contribution < 1.29 is 38.3 Å². The van der Waals surface area contributed by atoms with E-state index in [0.29, 0.717) is 46.3 Å². The molecule has 0 aliphatic rings. The fraction of sp³-hybridized carbons (Fsp3) is 1.00. The molecule has 0 aliphatic carbocycles. The van der Waals surface area contributed by atoms with Gasteiger partial charge in [-0.3, -0.25) is 0 Å². The van der Waals surface area contributed by atoms with Crippen molar-refractivity contribution in [2.75, 3.05) is 73.1 Å². The highest BCUT2D eigenvalue weighted by Gasteiger charge is 2.06. The molecule has 0 aromatic carbocycles. The van der Waals surface area contributed by atoms with E-state index in [4.69, 9.17) is 45.0 Å². The summed E-state index contributed by atoms with van der Waals surface area (Å²) < 4.78 is 29.9. The normalized spacial score (nSPS) is 9.53. The van der Waals surface area contributed by atoms with Gasteiger partial charge < -0.3 is 49.8 Å². The average Bonchev–Trinajstić information content (AvgIpc) is 2.78. The molecule has 0 aromatic heterocycles. The third-order valence-electron chi connectivity index (χ3n) is 3.41. The van der Waals surface area contributed by atoms with Crippen LogP contribution in [0, 0.1) is 0 Å². The number of rotatable bonds is 18. The largest absolute Gasteiger partial charge is 0.451 e. The van der Waals surface area contributed by atoms with Gasteiger partial charge in [0.25, 0.3) is 20.7 Å². The number of methoxy groups -OCH3 is 1. The van der Waals surface area contributed by atoms with Crippen molar-refractivity contribution in [3.63, 3.8) is 0 Å². The predicted molar refractivity (Wildman–Crippen MR) is 147 cm³/mol. The van der Waals surface area contributed by atoms with Crippen LogP contribution in [0.3, 0.4) is 0 Å². The molecule has 34 heavy (non-hydrogen) atoms. The van der Waals surface area contributed by atoms with Gasteiger partial charge in [-0.1, -0.05) is 34.1 Å². The first-order valence-electron chi connectivity index (χ1n) is 12.3. The third-order valence-corrected chi connectivity index (χ3v) is 3.41. The Morgan fingerprint density at radius 3 is 1.53 bits per heavy atom. The Labute approximate surface area is 211 Å². The van der Waals surface area contributed by atoms with E-state index in [1.165, 1.54) is 0 Å². The smallest absolute Gasteiger partial charge is 0.312 e. The molecule has 0 unspecified atom stereocenters. The predicted octanol–water partition coefficient (Wildman–Crippen LogP) is 1.23. The van der Waals surface area contributed by atoms with E-state index in [2.05, 4.69) is 4.74 Å². The molecule has 0 radical (unpaired) electrons. The zero-order chi connectivity index (χ0) is 27.0. The maximum Gasteiger partial charge on any atom is 0.312 e. The maximum atomic E-state index is 8.70. The summed E-state index contributed by atoms with van der Waals surface area (Å²) in [7, 11) is 1.54. The Bertz CT molecular complexity index is 327. The van der Waals surface area contributed by atoms with Crippen LogP contribution in [0.25, 0.3) is 0 Å². The average molecular weight is 494 g/mol. The van der Waals surface area contributed by atoms with E-state index in [9.17, 15) is 0 Å². The van der Waals surface area contributed by atoms with Crippen LogP contribution in [-0.2, 0) is 28.3 Å². The van der Waals surface area contributed by atoms with Crippen molar-refractivity contribution in [3.05, 3.63) is 0 Å². The van der Waals surface area contributed by atoms with Crippen LogP contribution in [-0.4, -0.2) is 111 Å². The zero-order valence-corrected chi connectivity index (χ0v) is 23.3. The molecule has 0 heterocycles.